The number of nitrogens with zero attached hydrogens (tertiary/aromatic N) is 1. The summed E-state index contributed by atoms with van der Waals surface area (Å²) in [6.45, 7) is 0. The molecule has 0 unspecified atom stereocenters. The number of hydrogen-bond acceptors (Lipinski definition) is 5. The number of halogens is 1. The third-order valence-corrected chi connectivity index (χ3v) is 4.96. The maximum Gasteiger partial charge on any atom is 0.263 e. The fraction of sp³-hybridized carbons (Fsp3) is 0. The first-order valence-electron chi connectivity index (χ1n) is 5.46. The molecule has 1 heterocycles. The first-order valence-corrected chi connectivity index (χ1v) is 8.86. The minimum Gasteiger partial charge on any atom is -0.280 e. The molecule has 0 spiro atoms. The van der Waals surface area contributed by atoms with E-state index in [4.69, 9.17) is 16.7 Å². The van der Waals surface area contributed by atoms with Crippen molar-refractivity contribution in [2.75, 3.05) is 4.72 Å². The minimum atomic E-state index is -3.83. The Labute approximate surface area is 126 Å². The van der Waals surface area contributed by atoms with Gasteiger partial charge in [-0.15, -0.1) is 0 Å². The zero-order valence-corrected chi connectivity index (χ0v) is 12.8. The predicted molar refractivity (Wildman–Crippen MR) is 77.9 cm³/mol. The van der Waals surface area contributed by atoms with Crippen LogP contribution in [0.3, 0.4) is 0 Å². The van der Waals surface area contributed by atoms with E-state index in [0.29, 0.717) is 0 Å². The molecule has 0 radical (unpaired) electrons. The van der Waals surface area contributed by atoms with Gasteiger partial charge in [0, 0.05) is 11.9 Å². The Morgan fingerprint density at radius 3 is 2.00 bits per heavy atom. The van der Waals surface area contributed by atoms with Gasteiger partial charge in [0.25, 0.3) is 10.0 Å². The Bertz CT molecular complexity index is 847. The summed E-state index contributed by atoms with van der Waals surface area (Å²) in [5, 5.41) is 5.12. The standard InChI is InChI=1S/C11H10ClN3O4S2/c12-11-6-5-10(7-14-11)21(18,19)15-8-1-3-9(4-2-8)20(13,16)17/h1-7,15H,(H2,13,16,17). The Morgan fingerprint density at radius 1 is 0.952 bits per heavy atom. The fourth-order valence-corrected chi connectivity index (χ4v) is 3.08. The third-order valence-electron chi connectivity index (χ3n) is 2.45. The molecule has 0 bridgehead atoms. The first kappa shape index (κ1) is 15.7. The average Bonchev–Trinajstić information content (AvgIpc) is 2.38. The van der Waals surface area contributed by atoms with Crippen molar-refractivity contribution in [3.63, 3.8) is 0 Å². The largest absolute Gasteiger partial charge is 0.280 e. The highest BCUT2D eigenvalue weighted by molar-refractivity contribution is 7.92. The quantitative estimate of drug-likeness (QED) is 0.805. The van der Waals surface area contributed by atoms with E-state index in [2.05, 4.69) is 9.71 Å². The summed E-state index contributed by atoms with van der Waals surface area (Å²) < 4.78 is 48.6. The molecular formula is C11H10ClN3O4S2. The number of sulfonamides is 2. The summed E-state index contributed by atoms with van der Waals surface area (Å²) in [5.74, 6) is 0. The molecule has 7 nitrogen and oxygen atoms in total. The van der Waals surface area contributed by atoms with E-state index < -0.39 is 20.0 Å². The summed E-state index contributed by atoms with van der Waals surface area (Å²) in [6.07, 6.45) is 1.11. The maximum absolute atomic E-state index is 12.1. The van der Waals surface area contributed by atoms with E-state index in [9.17, 15) is 16.8 Å². The lowest BCUT2D eigenvalue weighted by Crippen LogP contribution is -2.14. The zero-order valence-electron chi connectivity index (χ0n) is 10.4. The summed E-state index contributed by atoms with van der Waals surface area (Å²) in [4.78, 5) is 3.50. The highest BCUT2D eigenvalue weighted by Crippen LogP contribution is 2.18. The van der Waals surface area contributed by atoms with Gasteiger partial charge in [-0.1, -0.05) is 11.6 Å². The van der Waals surface area contributed by atoms with Gasteiger partial charge in [0.15, 0.2) is 0 Å². The number of nitrogens with two attached hydrogens (primary N) is 1. The zero-order chi connectivity index (χ0) is 15.7. The van der Waals surface area contributed by atoms with Crippen molar-refractivity contribution in [1.82, 2.24) is 4.98 Å². The Kier molecular flexibility index (Phi) is 4.19. The van der Waals surface area contributed by atoms with Crippen molar-refractivity contribution >= 4 is 37.3 Å². The molecule has 21 heavy (non-hydrogen) atoms. The lowest BCUT2D eigenvalue weighted by Gasteiger charge is -2.08. The summed E-state index contributed by atoms with van der Waals surface area (Å²) in [6, 6.07) is 7.64. The molecule has 10 heteroatoms. The molecule has 1 aromatic carbocycles. The van der Waals surface area contributed by atoms with Gasteiger partial charge in [0.2, 0.25) is 10.0 Å². The van der Waals surface area contributed by atoms with Crippen LogP contribution < -0.4 is 9.86 Å². The number of nitrogens with one attached hydrogen (secondary N) is 1. The molecule has 0 atom stereocenters. The molecule has 0 aliphatic heterocycles. The van der Waals surface area contributed by atoms with E-state index in [1.165, 1.54) is 36.4 Å². The molecular weight excluding hydrogens is 338 g/mol. The van der Waals surface area contributed by atoms with Crippen LogP contribution in [0.4, 0.5) is 5.69 Å². The van der Waals surface area contributed by atoms with Crippen LogP contribution in [0.5, 0.6) is 0 Å². The molecule has 112 valence electrons. The highest BCUT2D eigenvalue weighted by atomic mass is 35.5. The number of rotatable bonds is 4. The number of primary sulfonamides is 1. The van der Waals surface area contributed by atoms with Crippen molar-refractivity contribution in [2.45, 2.75) is 9.79 Å². The monoisotopic (exact) mass is 347 g/mol. The minimum absolute atomic E-state index is 0.0672. The van der Waals surface area contributed by atoms with E-state index in [0.717, 1.165) is 6.20 Å². The second-order valence-corrected chi connectivity index (χ2v) is 7.62. The van der Waals surface area contributed by atoms with E-state index >= 15 is 0 Å². The van der Waals surface area contributed by atoms with Crippen molar-refractivity contribution in [3.8, 4) is 0 Å². The molecule has 0 saturated carbocycles. The topological polar surface area (TPSA) is 119 Å². The van der Waals surface area contributed by atoms with Gasteiger partial charge in [-0.25, -0.2) is 27.0 Å². The van der Waals surface area contributed by atoms with Crippen molar-refractivity contribution in [2.24, 2.45) is 5.14 Å². The highest BCUT2D eigenvalue weighted by Gasteiger charge is 2.15. The predicted octanol–water partition coefficient (Wildman–Crippen LogP) is 1.18. The van der Waals surface area contributed by atoms with Crippen LogP contribution in [0.25, 0.3) is 0 Å². The van der Waals surface area contributed by atoms with E-state index in [1.807, 2.05) is 0 Å². The van der Waals surface area contributed by atoms with Gasteiger partial charge in [0.05, 0.1) is 4.90 Å². The second kappa shape index (κ2) is 5.60. The molecule has 0 amide bonds. The smallest absolute Gasteiger partial charge is 0.263 e. The fourth-order valence-electron chi connectivity index (χ4n) is 1.45. The molecule has 3 N–H and O–H groups in total. The molecule has 0 fully saturated rings. The Balaban J connectivity index is 2.27. The van der Waals surface area contributed by atoms with Crippen molar-refractivity contribution < 1.29 is 16.8 Å². The summed E-state index contributed by atoms with van der Waals surface area (Å²) >= 11 is 5.59. The molecule has 0 saturated heterocycles. The summed E-state index contributed by atoms with van der Waals surface area (Å²) in [7, 11) is -7.65. The van der Waals surface area contributed by atoms with Crippen LogP contribution in [-0.2, 0) is 20.0 Å². The van der Waals surface area contributed by atoms with Crippen LogP contribution in [0, 0.1) is 0 Å². The van der Waals surface area contributed by atoms with Gasteiger partial charge in [-0.05, 0) is 36.4 Å². The van der Waals surface area contributed by atoms with Crippen LogP contribution >= 0.6 is 11.6 Å². The lowest BCUT2D eigenvalue weighted by molar-refractivity contribution is 0.597. The molecule has 2 aromatic rings. The van der Waals surface area contributed by atoms with Gasteiger partial charge < -0.3 is 0 Å². The normalized spacial score (nSPS) is 12.1. The molecule has 2 rings (SSSR count). The van der Waals surface area contributed by atoms with Crippen LogP contribution in [0.2, 0.25) is 5.15 Å². The van der Waals surface area contributed by atoms with E-state index in [1.54, 1.807) is 0 Å². The number of aromatic nitrogens is 1. The van der Waals surface area contributed by atoms with Gasteiger partial charge in [-0.3, -0.25) is 4.72 Å². The van der Waals surface area contributed by atoms with Crippen LogP contribution in [0.1, 0.15) is 0 Å². The van der Waals surface area contributed by atoms with Gasteiger partial charge in [0.1, 0.15) is 10.0 Å². The maximum atomic E-state index is 12.1. The Morgan fingerprint density at radius 2 is 1.52 bits per heavy atom. The number of pyridine rings is 1. The number of benzene rings is 1. The van der Waals surface area contributed by atoms with Crippen molar-refractivity contribution in [3.05, 3.63) is 47.7 Å². The van der Waals surface area contributed by atoms with Gasteiger partial charge >= 0.3 is 0 Å². The number of hydrogen-bond donors (Lipinski definition) is 2. The summed E-state index contributed by atoms with van der Waals surface area (Å²) in [5.41, 5.74) is 0.192. The third kappa shape index (κ3) is 3.91. The number of anilines is 1. The molecule has 0 aliphatic rings. The average molecular weight is 348 g/mol. The van der Waals surface area contributed by atoms with Crippen molar-refractivity contribution in [1.29, 1.82) is 0 Å². The van der Waals surface area contributed by atoms with Gasteiger partial charge in [-0.2, -0.15) is 0 Å². The lowest BCUT2D eigenvalue weighted by atomic mass is 10.3. The first-order chi connectivity index (χ1) is 9.68. The molecule has 1 aromatic heterocycles. The van der Waals surface area contributed by atoms with E-state index in [-0.39, 0.29) is 20.6 Å². The van der Waals surface area contributed by atoms with Crippen LogP contribution in [0.15, 0.2) is 52.4 Å². The SMILES string of the molecule is NS(=O)(=O)c1ccc(NS(=O)(=O)c2ccc(Cl)nc2)cc1. The van der Waals surface area contributed by atoms with Crippen LogP contribution in [-0.4, -0.2) is 21.8 Å². The Hall–Kier alpha value is -1.68. The molecule has 0 aliphatic carbocycles. The second-order valence-electron chi connectivity index (χ2n) is 3.99.